The zero-order valence-electron chi connectivity index (χ0n) is 6.87. The Hall–Kier alpha value is -0.470. The van der Waals surface area contributed by atoms with Gasteiger partial charge in [-0.15, -0.1) is 11.3 Å². The standard InChI is InChI=1S/C10H10S2/c1-7-2-3-10-8(4-7)5-9(6-11)12-10/h2-5,11H,6H2,1H3. The summed E-state index contributed by atoms with van der Waals surface area (Å²) in [6.07, 6.45) is 0. The van der Waals surface area contributed by atoms with Crippen molar-refractivity contribution < 1.29 is 0 Å². The predicted molar refractivity (Wildman–Crippen MR) is 59.3 cm³/mol. The van der Waals surface area contributed by atoms with E-state index in [2.05, 4.69) is 43.8 Å². The van der Waals surface area contributed by atoms with Crippen molar-refractivity contribution >= 4 is 34.1 Å². The van der Waals surface area contributed by atoms with E-state index in [0.29, 0.717) is 0 Å². The Balaban J connectivity index is 2.67. The third-order valence-corrected chi connectivity index (χ3v) is 3.55. The molecule has 0 aliphatic heterocycles. The Morgan fingerprint density at radius 3 is 2.92 bits per heavy atom. The summed E-state index contributed by atoms with van der Waals surface area (Å²) in [5.41, 5.74) is 1.33. The molecule has 2 rings (SSSR count). The molecule has 1 aromatic carbocycles. The molecule has 0 aliphatic carbocycles. The molecule has 0 amide bonds. The number of benzene rings is 1. The molecule has 1 heterocycles. The average Bonchev–Trinajstić information content (AvgIpc) is 2.46. The molecule has 0 fully saturated rings. The van der Waals surface area contributed by atoms with E-state index in [-0.39, 0.29) is 0 Å². The highest BCUT2D eigenvalue weighted by molar-refractivity contribution is 7.79. The topological polar surface area (TPSA) is 0 Å². The molecule has 2 heteroatoms. The van der Waals surface area contributed by atoms with Gasteiger partial charge in [0.15, 0.2) is 0 Å². The van der Waals surface area contributed by atoms with Crippen LogP contribution in [0.5, 0.6) is 0 Å². The molecule has 0 nitrogen and oxygen atoms in total. The Bertz CT molecular complexity index is 401. The van der Waals surface area contributed by atoms with Crippen molar-refractivity contribution in [1.29, 1.82) is 0 Å². The maximum absolute atomic E-state index is 4.26. The molecule has 2 aromatic rings. The molecule has 0 atom stereocenters. The van der Waals surface area contributed by atoms with E-state index in [1.165, 1.54) is 20.5 Å². The lowest BCUT2D eigenvalue weighted by molar-refractivity contribution is 1.51. The fourth-order valence-electron chi connectivity index (χ4n) is 1.30. The molecule has 0 aliphatic rings. The summed E-state index contributed by atoms with van der Waals surface area (Å²) in [4.78, 5) is 1.35. The average molecular weight is 194 g/mol. The first kappa shape index (κ1) is 8.14. The van der Waals surface area contributed by atoms with Crippen molar-refractivity contribution in [3.05, 3.63) is 34.7 Å². The van der Waals surface area contributed by atoms with Crippen LogP contribution >= 0.6 is 24.0 Å². The number of fused-ring (bicyclic) bond motifs is 1. The maximum Gasteiger partial charge on any atom is 0.0346 e. The first-order chi connectivity index (χ1) is 5.79. The lowest BCUT2D eigenvalue weighted by Crippen LogP contribution is -1.67. The van der Waals surface area contributed by atoms with Crippen LogP contribution < -0.4 is 0 Å². The summed E-state index contributed by atoms with van der Waals surface area (Å²) < 4.78 is 1.37. The normalized spacial score (nSPS) is 10.8. The van der Waals surface area contributed by atoms with E-state index in [1.807, 2.05) is 11.3 Å². The van der Waals surface area contributed by atoms with Crippen molar-refractivity contribution in [1.82, 2.24) is 0 Å². The van der Waals surface area contributed by atoms with Gasteiger partial charge in [-0.25, -0.2) is 0 Å². The molecular formula is C10H10S2. The largest absolute Gasteiger partial charge is 0.174 e. The van der Waals surface area contributed by atoms with Gasteiger partial charge in [0.1, 0.15) is 0 Å². The van der Waals surface area contributed by atoms with Gasteiger partial charge in [-0.3, -0.25) is 0 Å². The molecule has 1 aromatic heterocycles. The van der Waals surface area contributed by atoms with E-state index < -0.39 is 0 Å². The molecule has 12 heavy (non-hydrogen) atoms. The van der Waals surface area contributed by atoms with Gasteiger partial charge >= 0.3 is 0 Å². The number of aryl methyl sites for hydroxylation is 1. The molecular weight excluding hydrogens is 184 g/mol. The minimum atomic E-state index is 0.846. The van der Waals surface area contributed by atoms with Crippen LogP contribution in [0.2, 0.25) is 0 Å². The van der Waals surface area contributed by atoms with Crippen molar-refractivity contribution in [2.45, 2.75) is 12.7 Å². The highest BCUT2D eigenvalue weighted by Gasteiger charge is 1.99. The van der Waals surface area contributed by atoms with E-state index in [9.17, 15) is 0 Å². The molecule has 0 N–H and O–H groups in total. The number of thiophene rings is 1. The summed E-state index contributed by atoms with van der Waals surface area (Å²) in [5.74, 6) is 0.846. The van der Waals surface area contributed by atoms with Gasteiger partial charge in [-0.2, -0.15) is 12.6 Å². The number of hydrogen-bond donors (Lipinski definition) is 1. The summed E-state index contributed by atoms with van der Waals surface area (Å²) >= 11 is 6.09. The van der Waals surface area contributed by atoms with Gasteiger partial charge in [-0.1, -0.05) is 17.7 Å². The summed E-state index contributed by atoms with van der Waals surface area (Å²) in [6.45, 7) is 2.12. The smallest absolute Gasteiger partial charge is 0.0346 e. The number of rotatable bonds is 1. The second-order valence-electron chi connectivity index (χ2n) is 2.91. The SMILES string of the molecule is Cc1ccc2sc(CS)cc2c1. The van der Waals surface area contributed by atoms with Gasteiger partial charge < -0.3 is 0 Å². The zero-order chi connectivity index (χ0) is 8.55. The molecule has 62 valence electrons. The third kappa shape index (κ3) is 1.37. The highest BCUT2D eigenvalue weighted by Crippen LogP contribution is 2.27. The van der Waals surface area contributed by atoms with Gasteiger partial charge in [0.05, 0.1) is 0 Å². The first-order valence-corrected chi connectivity index (χ1v) is 5.34. The van der Waals surface area contributed by atoms with Gasteiger partial charge in [-0.05, 0) is 24.4 Å². The van der Waals surface area contributed by atoms with Crippen molar-refractivity contribution in [2.75, 3.05) is 0 Å². The van der Waals surface area contributed by atoms with Crippen molar-refractivity contribution in [3.8, 4) is 0 Å². The number of thiol groups is 1. The van der Waals surface area contributed by atoms with Crippen molar-refractivity contribution in [3.63, 3.8) is 0 Å². The summed E-state index contributed by atoms with van der Waals surface area (Å²) in [6, 6.07) is 8.78. The molecule has 0 unspecified atom stereocenters. The van der Waals surface area contributed by atoms with E-state index in [1.54, 1.807) is 0 Å². The molecule has 0 bridgehead atoms. The zero-order valence-corrected chi connectivity index (χ0v) is 8.58. The van der Waals surface area contributed by atoms with Crippen LogP contribution in [0.1, 0.15) is 10.4 Å². The van der Waals surface area contributed by atoms with E-state index in [0.717, 1.165) is 5.75 Å². The lowest BCUT2D eigenvalue weighted by Gasteiger charge is -1.89. The monoisotopic (exact) mass is 194 g/mol. The first-order valence-electron chi connectivity index (χ1n) is 3.89. The van der Waals surface area contributed by atoms with E-state index >= 15 is 0 Å². The van der Waals surface area contributed by atoms with Crippen molar-refractivity contribution in [2.24, 2.45) is 0 Å². The van der Waals surface area contributed by atoms with Gasteiger partial charge in [0, 0.05) is 15.3 Å². The van der Waals surface area contributed by atoms with Crippen LogP contribution in [-0.2, 0) is 5.75 Å². The maximum atomic E-state index is 4.26. The van der Waals surface area contributed by atoms with Gasteiger partial charge in [0.2, 0.25) is 0 Å². The van der Waals surface area contributed by atoms with Crippen LogP contribution in [0.4, 0.5) is 0 Å². The van der Waals surface area contributed by atoms with E-state index in [4.69, 9.17) is 0 Å². The van der Waals surface area contributed by atoms with Gasteiger partial charge in [0.25, 0.3) is 0 Å². The van der Waals surface area contributed by atoms with Crippen LogP contribution in [0.15, 0.2) is 24.3 Å². The highest BCUT2D eigenvalue weighted by atomic mass is 32.1. The third-order valence-electron chi connectivity index (χ3n) is 1.88. The molecule has 0 spiro atoms. The quantitative estimate of drug-likeness (QED) is 0.658. The molecule has 0 radical (unpaired) electrons. The molecule has 0 saturated heterocycles. The Morgan fingerprint density at radius 1 is 1.33 bits per heavy atom. The summed E-state index contributed by atoms with van der Waals surface area (Å²) in [5, 5.41) is 1.35. The van der Waals surface area contributed by atoms with Crippen LogP contribution in [-0.4, -0.2) is 0 Å². The van der Waals surface area contributed by atoms with Crippen LogP contribution in [0.3, 0.4) is 0 Å². The second kappa shape index (κ2) is 3.11. The fourth-order valence-corrected chi connectivity index (χ4v) is 2.49. The Kier molecular flexibility index (Phi) is 2.11. The van der Waals surface area contributed by atoms with Crippen LogP contribution in [0.25, 0.3) is 10.1 Å². The Labute approximate surface area is 81.6 Å². The summed E-state index contributed by atoms with van der Waals surface area (Å²) in [7, 11) is 0. The fraction of sp³-hybridized carbons (Fsp3) is 0.200. The number of hydrogen-bond acceptors (Lipinski definition) is 2. The molecule has 0 saturated carbocycles. The second-order valence-corrected chi connectivity index (χ2v) is 4.40. The minimum Gasteiger partial charge on any atom is -0.174 e. The minimum absolute atomic E-state index is 0.846. The van der Waals surface area contributed by atoms with Crippen LogP contribution in [0, 0.1) is 6.92 Å². The Morgan fingerprint density at radius 2 is 2.17 bits per heavy atom. The predicted octanol–water partition coefficient (Wildman–Crippen LogP) is 3.64. The lowest BCUT2D eigenvalue weighted by atomic mass is 10.2.